The number of hydrogen-bond acceptors (Lipinski definition) is 2. The van der Waals surface area contributed by atoms with Gasteiger partial charge in [-0.05, 0) is 12.1 Å². The Kier molecular flexibility index (Phi) is 2.25. The Morgan fingerprint density at radius 2 is 2.08 bits per heavy atom. The standard InChI is InChI=1S/C9H5Cl2NO/c10-7-3-1-2-6(8(7)11)9-12-4-5-13-9/h1-5H. The van der Waals surface area contributed by atoms with E-state index in [9.17, 15) is 0 Å². The zero-order valence-electron chi connectivity index (χ0n) is 6.50. The Bertz CT molecular complexity index is 412. The molecule has 0 aliphatic carbocycles. The first kappa shape index (κ1) is 8.60. The van der Waals surface area contributed by atoms with E-state index in [0.717, 1.165) is 0 Å². The minimum Gasteiger partial charge on any atom is -0.444 e. The van der Waals surface area contributed by atoms with Crippen LogP contribution in [-0.2, 0) is 0 Å². The number of oxazole rings is 1. The molecule has 2 rings (SSSR count). The predicted molar refractivity (Wildman–Crippen MR) is 52.0 cm³/mol. The van der Waals surface area contributed by atoms with E-state index in [4.69, 9.17) is 27.6 Å². The van der Waals surface area contributed by atoms with Crippen molar-refractivity contribution in [2.75, 3.05) is 0 Å². The highest BCUT2D eigenvalue weighted by Gasteiger charge is 2.09. The van der Waals surface area contributed by atoms with Crippen molar-refractivity contribution < 1.29 is 4.42 Å². The smallest absolute Gasteiger partial charge is 0.227 e. The Morgan fingerprint density at radius 3 is 2.77 bits per heavy atom. The second-order valence-electron chi connectivity index (χ2n) is 2.44. The first-order valence-electron chi connectivity index (χ1n) is 3.63. The fourth-order valence-electron chi connectivity index (χ4n) is 1.03. The van der Waals surface area contributed by atoms with Crippen LogP contribution in [0.1, 0.15) is 0 Å². The molecule has 0 aliphatic heterocycles. The maximum atomic E-state index is 5.95. The lowest BCUT2D eigenvalue weighted by Crippen LogP contribution is -1.79. The molecule has 0 bridgehead atoms. The van der Waals surface area contributed by atoms with Gasteiger partial charge in [0.2, 0.25) is 5.89 Å². The molecule has 1 heterocycles. The van der Waals surface area contributed by atoms with Gasteiger partial charge in [0.1, 0.15) is 6.26 Å². The number of rotatable bonds is 1. The van der Waals surface area contributed by atoms with Crippen LogP contribution in [-0.4, -0.2) is 4.98 Å². The van der Waals surface area contributed by atoms with E-state index < -0.39 is 0 Å². The third kappa shape index (κ3) is 1.55. The largest absolute Gasteiger partial charge is 0.444 e. The summed E-state index contributed by atoms with van der Waals surface area (Å²) >= 11 is 11.8. The predicted octanol–water partition coefficient (Wildman–Crippen LogP) is 3.65. The van der Waals surface area contributed by atoms with E-state index in [0.29, 0.717) is 21.5 Å². The molecular formula is C9H5Cl2NO. The third-order valence-electron chi connectivity index (χ3n) is 1.61. The lowest BCUT2D eigenvalue weighted by molar-refractivity contribution is 0.574. The van der Waals surface area contributed by atoms with Gasteiger partial charge >= 0.3 is 0 Å². The van der Waals surface area contributed by atoms with Gasteiger partial charge in [-0.25, -0.2) is 4.98 Å². The molecule has 0 radical (unpaired) electrons. The zero-order valence-corrected chi connectivity index (χ0v) is 8.01. The number of hydrogen-bond donors (Lipinski definition) is 0. The van der Waals surface area contributed by atoms with Crippen LogP contribution in [0.4, 0.5) is 0 Å². The molecule has 4 heteroatoms. The van der Waals surface area contributed by atoms with Crippen molar-refractivity contribution >= 4 is 23.2 Å². The molecule has 0 aliphatic rings. The molecule has 0 N–H and O–H groups in total. The topological polar surface area (TPSA) is 26.0 Å². The molecule has 0 fully saturated rings. The van der Waals surface area contributed by atoms with Gasteiger partial charge in [-0.3, -0.25) is 0 Å². The molecule has 13 heavy (non-hydrogen) atoms. The van der Waals surface area contributed by atoms with Crippen LogP contribution in [0.15, 0.2) is 35.1 Å². The monoisotopic (exact) mass is 213 g/mol. The average Bonchev–Trinajstić information content (AvgIpc) is 2.62. The second kappa shape index (κ2) is 3.40. The summed E-state index contributed by atoms with van der Waals surface area (Å²) in [6, 6.07) is 5.32. The van der Waals surface area contributed by atoms with Crippen molar-refractivity contribution in [2.24, 2.45) is 0 Å². The summed E-state index contributed by atoms with van der Waals surface area (Å²) in [7, 11) is 0. The number of halogens is 2. The maximum Gasteiger partial charge on any atom is 0.227 e. The van der Waals surface area contributed by atoms with Gasteiger partial charge < -0.3 is 4.42 Å². The summed E-state index contributed by atoms with van der Waals surface area (Å²) in [4.78, 5) is 3.98. The Morgan fingerprint density at radius 1 is 1.23 bits per heavy atom. The van der Waals surface area contributed by atoms with Crippen molar-refractivity contribution in [3.05, 3.63) is 40.7 Å². The number of aromatic nitrogens is 1. The van der Waals surface area contributed by atoms with Crippen molar-refractivity contribution in [3.8, 4) is 11.5 Å². The van der Waals surface area contributed by atoms with E-state index in [1.807, 2.05) is 0 Å². The molecule has 0 saturated carbocycles. The van der Waals surface area contributed by atoms with Crippen LogP contribution in [0.3, 0.4) is 0 Å². The van der Waals surface area contributed by atoms with Crippen molar-refractivity contribution in [3.63, 3.8) is 0 Å². The van der Waals surface area contributed by atoms with E-state index in [1.54, 1.807) is 24.4 Å². The van der Waals surface area contributed by atoms with Gasteiger partial charge in [0, 0.05) is 0 Å². The highest BCUT2D eigenvalue weighted by Crippen LogP contribution is 2.32. The van der Waals surface area contributed by atoms with Gasteiger partial charge in [0.25, 0.3) is 0 Å². The van der Waals surface area contributed by atoms with Crippen LogP contribution >= 0.6 is 23.2 Å². The van der Waals surface area contributed by atoms with Gasteiger partial charge in [-0.1, -0.05) is 29.3 Å². The van der Waals surface area contributed by atoms with Crippen molar-refractivity contribution in [1.82, 2.24) is 4.98 Å². The maximum absolute atomic E-state index is 5.95. The fraction of sp³-hybridized carbons (Fsp3) is 0. The lowest BCUT2D eigenvalue weighted by atomic mass is 10.2. The molecule has 2 aromatic rings. The molecule has 1 aromatic heterocycles. The molecular weight excluding hydrogens is 209 g/mol. The fourth-order valence-corrected chi connectivity index (χ4v) is 1.41. The summed E-state index contributed by atoms with van der Waals surface area (Å²) in [6.45, 7) is 0. The first-order valence-corrected chi connectivity index (χ1v) is 4.38. The number of benzene rings is 1. The quantitative estimate of drug-likeness (QED) is 0.723. The van der Waals surface area contributed by atoms with Crippen LogP contribution in [0.2, 0.25) is 10.0 Å². The van der Waals surface area contributed by atoms with E-state index in [1.165, 1.54) is 6.26 Å². The summed E-state index contributed by atoms with van der Waals surface area (Å²) in [5.74, 6) is 0.479. The van der Waals surface area contributed by atoms with Gasteiger partial charge in [-0.15, -0.1) is 0 Å². The van der Waals surface area contributed by atoms with Gasteiger partial charge in [-0.2, -0.15) is 0 Å². The molecule has 0 saturated heterocycles. The molecule has 0 atom stereocenters. The average molecular weight is 214 g/mol. The van der Waals surface area contributed by atoms with Crippen molar-refractivity contribution in [1.29, 1.82) is 0 Å². The lowest BCUT2D eigenvalue weighted by Gasteiger charge is -2.00. The summed E-state index contributed by atoms with van der Waals surface area (Å²) < 4.78 is 5.10. The van der Waals surface area contributed by atoms with Crippen LogP contribution in [0.25, 0.3) is 11.5 Å². The summed E-state index contributed by atoms with van der Waals surface area (Å²) in [5.41, 5.74) is 0.708. The minimum absolute atomic E-state index is 0.464. The molecule has 2 nitrogen and oxygen atoms in total. The SMILES string of the molecule is Clc1cccc(-c2ncco2)c1Cl. The van der Waals surface area contributed by atoms with Crippen LogP contribution in [0, 0.1) is 0 Å². The molecule has 0 unspecified atom stereocenters. The molecule has 66 valence electrons. The van der Waals surface area contributed by atoms with Crippen molar-refractivity contribution in [2.45, 2.75) is 0 Å². The zero-order chi connectivity index (χ0) is 9.26. The number of nitrogens with zero attached hydrogens (tertiary/aromatic N) is 1. The van der Waals surface area contributed by atoms with E-state index in [-0.39, 0.29) is 0 Å². The third-order valence-corrected chi connectivity index (χ3v) is 2.43. The van der Waals surface area contributed by atoms with E-state index >= 15 is 0 Å². The Labute approximate surface area is 85.1 Å². The Balaban J connectivity index is 2.59. The first-order chi connectivity index (χ1) is 6.29. The van der Waals surface area contributed by atoms with Gasteiger partial charge in [0.05, 0.1) is 21.8 Å². The highest BCUT2D eigenvalue weighted by molar-refractivity contribution is 6.43. The normalized spacial score (nSPS) is 10.3. The Hall–Kier alpha value is -0.990. The minimum atomic E-state index is 0.464. The van der Waals surface area contributed by atoms with Crippen LogP contribution in [0.5, 0.6) is 0 Å². The molecule has 1 aromatic carbocycles. The molecule has 0 spiro atoms. The van der Waals surface area contributed by atoms with Crippen LogP contribution < -0.4 is 0 Å². The molecule has 0 amide bonds. The second-order valence-corrected chi connectivity index (χ2v) is 3.22. The highest BCUT2D eigenvalue weighted by atomic mass is 35.5. The van der Waals surface area contributed by atoms with Gasteiger partial charge in [0.15, 0.2) is 0 Å². The summed E-state index contributed by atoms with van der Waals surface area (Å²) in [6.07, 6.45) is 3.05. The van der Waals surface area contributed by atoms with E-state index in [2.05, 4.69) is 4.98 Å². The summed E-state index contributed by atoms with van der Waals surface area (Å²) in [5, 5.41) is 0.962.